The Morgan fingerprint density at radius 3 is 2.93 bits per heavy atom. The van der Waals surface area contributed by atoms with Gasteiger partial charge in [0.1, 0.15) is 11.6 Å². The highest BCUT2D eigenvalue weighted by molar-refractivity contribution is 6.31. The van der Waals surface area contributed by atoms with Crippen LogP contribution in [0.5, 0.6) is 5.75 Å². The minimum atomic E-state index is -0.684. The van der Waals surface area contributed by atoms with Gasteiger partial charge < -0.3 is 26.2 Å². The number of ether oxygens (including phenoxy) is 1. The molecule has 0 radical (unpaired) electrons. The van der Waals surface area contributed by atoms with Crippen molar-refractivity contribution in [2.24, 2.45) is 10.7 Å². The first-order valence-electron chi connectivity index (χ1n) is 8.29. The maximum Gasteiger partial charge on any atom is 0.326 e. The molecule has 0 aliphatic carbocycles. The third kappa shape index (κ3) is 4.80. The smallest absolute Gasteiger partial charge is 0.326 e. The van der Waals surface area contributed by atoms with E-state index in [0.29, 0.717) is 41.2 Å². The Morgan fingerprint density at radius 1 is 1.32 bits per heavy atom. The molecule has 0 unspecified atom stereocenters. The highest BCUT2D eigenvalue weighted by Gasteiger charge is 2.17. The predicted molar refractivity (Wildman–Crippen MR) is 105 cm³/mol. The molecule has 1 aliphatic rings. The average molecular weight is 408 g/mol. The number of nitrogens with two attached hydrogens (primary N) is 1. The Hall–Kier alpha value is -3.08. The number of nitrogens with one attached hydrogen (secondary N) is 3. The molecule has 148 valence electrons. The van der Waals surface area contributed by atoms with E-state index < -0.39 is 11.8 Å². The molecule has 0 atom stereocenters. The molecular weight excluding hydrogens is 391 g/mol. The van der Waals surface area contributed by atoms with E-state index in [0.717, 1.165) is 12.1 Å². The van der Waals surface area contributed by atoms with Gasteiger partial charge in [-0.3, -0.25) is 10.7 Å². The zero-order chi connectivity index (χ0) is 20.1. The normalized spacial score (nSPS) is 12.6. The third-order valence-electron chi connectivity index (χ3n) is 3.62. The van der Waals surface area contributed by atoms with Gasteiger partial charge in [0.05, 0.1) is 23.7 Å². The number of fused-ring (bicyclic) bond motifs is 1. The van der Waals surface area contributed by atoms with Crippen LogP contribution >= 0.6 is 11.6 Å². The standard InChI is InChI=1S/C17H17ClFN6O3/c18-10-2-5-15(28-7-1-6-20)13(8-10)22-17(26)23-16-21-12-4-3-11(19)9-14(12)25(27)24-16/h2-5,8-9H,1,6-7,20H2,(H3,21,22,23,24,26)/q-1. The number of rotatable bonds is 5. The van der Waals surface area contributed by atoms with Gasteiger partial charge in [0, 0.05) is 11.1 Å². The fourth-order valence-corrected chi connectivity index (χ4v) is 2.54. The minimum absolute atomic E-state index is 0.00334. The Bertz CT molecular complexity index is 910. The number of amides is 2. The van der Waals surface area contributed by atoms with Gasteiger partial charge in [0.25, 0.3) is 0 Å². The van der Waals surface area contributed by atoms with E-state index >= 15 is 0 Å². The SMILES string of the molecule is NCCCOc1ccc(Cl)cc1NC(=O)NC1=Nc2ccc(F)cc2N([O-])N1. The Morgan fingerprint density at radius 2 is 2.14 bits per heavy atom. The predicted octanol–water partition coefficient (Wildman–Crippen LogP) is 2.84. The Balaban J connectivity index is 1.71. The number of aliphatic imine (C=N–C) groups is 1. The van der Waals surface area contributed by atoms with Crippen molar-refractivity contribution in [2.45, 2.75) is 6.42 Å². The van der Waals surface area contributed by atoms with Crippen molar-refractivity contribution in [1.29, 1.82) is 0 Å². The van der Waals surface area contributed by atoms with Crippen LogP contribution in [0.15, 0.2) is 41.4 Å². The number of urea groups is 1. The van der Waals surface area contributed by atoms with Gasteiger partial charge in [-0.15, -0.1) is 0 Å². The number of halogens is 2. The number of hydrazine groups is 1. The van der Waals surface area contributed by atoms with Crippen LogP contribution < -0.4 is 31.7 Å². The second kappa shape index (κ2) is 8.74. The lowest BCUT2D eigenvalue weighted by Gasteiger charge is -2.35. The maximum atomic E-state index is 13.2. The summed E-state index contributed by atoms with van der Waals surface area (Å²) in [5, 5.41) is 17.7. The van der Waals surface area contributed by atoms with Crippen molar-refractivity contribution in [2.75, 3.05) is 23.6 Å². The summed E-state index contributed by atoms with van der Waals surface area (Å²) >= 11 is 5.98. The Kier molecular flexibility index (Phi) is 6.14. The summed E-state index contributed by atoms with van der Waals surface area (Å²) in [4.78, 5) is 16.4. The summed E-state index contributed by atoms with van der Waals surface area (Å²) in [5.41, 5.74) is 8.28. The van der Waals surface area contributed by atoms with Crippen molar-refractivity contribution in [3.05, 3.63) is 52.4 Å². The maximum absolute atomic E-state index is 13.2. The minimum Gasteiger partial charge on any atom is -0.739 e. The molecule has 5 N–H and O–H groups in total. The lowest BCUT2D eigenvalue weighted by Crippen LogP contribution is -2.50. The van der Waals surface area contributed by atoms with Crippen LogP contribution in [-0.4, -0.2) is 25.1 Å². The third-order valence-corrected chi connectivity index (χ3v) is 3.86. The van der Waals surface area contributed by atoms with Crippen LogP contribution in [0, 0.1) is 11.0 Å². The summed E-state index contributed by atoms with van der Waals surface area (Å²) in [5.74, 6) is -0.286. The fourth-order valence-electron chi connectivity index (χ4n) is 2.36. The first-order chi connectivity index (χ1) is 13.5. The van der Waals surface area contributed by atoms with Gasteiger partial charge in [-0.2, -0.15) is 0 Å². The van der Waals surface area contributed by atoms with E-state index in [2.05, 4.69) is 21.1 Å². The van der Waals surface area contributed by atoms with E-state index in [4.69, 9.17) is 22.1 Å². The van der Waals surface area contributed by atoms with Crippen molar-refractivity contribution in [3.8, 4) is 5.75 Å². The number of hydrogen-bond acceptors (Lipinski definition) is 7. The number of nitrogens with zero attached hydrogens (tertiary/aromatic N) is 2. The molecule has 0 fully saturated rings. The summed E-state index contributed by atoms with van der Waals surface area (Å²) in [6.45, 7) is 0.848. The zero-order valence-electron chi connectivity index (χ0n) is 14.5. The largest absolute Gasteiger partial charge is 0.739 e. The van der Waals surface area contributed by atoms with Gasteiger partial charge in [0.15, 0.2) is 0 Å². The molecule has 1 heterocycles. The quantitative estimate of drug-likeness (QED) is 0.564. The zero-order valence-corrected chi connectivity index (χ0v) is 15.3. The van der Waals surface area contributed by atoms with E-state index in [1.165, 1.54) is 12.1 Å². The van der Waals surface area contributed by atoms with Crippen molar-refractivity contribution < 1.29 is 13.9 Å². The van der Waals surface area contributed by atoms with Crippen molar-refractivity contribution in [1.82, 2.24) is 10.7 Å². The van der Waals surface area contributed by atoms with Crippen molar-refractivity contribution >= 4 is 40.7 Å². The molecule has 0 saturated heterocycles. The van der Waals surface area contributed by atoms with Gasteiger partial charge in [-0.1, -0.05) is 11.6 Å². The molecule has 0 aromatic heterocycles. The molecule has 1 aliphatic heterocycles. The van der Waals surface area contributed by atoms with Crippen molar-refractivity contribution in [3.63, 3.8) is 0 Å². The monoisotopic (exact) mass is 407 g/mol. The van der Waals surface area contributed by atoms with E-state index in [9.17, 15) is 14.4 Å². The number of benzene rings is 2. The van der Waals surface area contributed by atoms with Crippen LogP contribution in [0.1, 0.15) is 6.42 Å². The van der Waals surface area contributed by atoms with E-state index in [-0.39, 0.29) is 17.3 Å². The molecule has 2 aromatic carbocycles. The molecule has 0 bridgehead atoms. The van der Waals surface area contributed by atoms with Crippen LogP contribution in [-0.2, 0) is 0 Å². The molecule has 0 saturated carbocycles. The number of hydrogen-bond donors (Lipinski definition) is 4. The second-order valence-corrected chi connectivity index (χ2v) is 6.15. The highest BCUT2D eigenvalue weighted by Crippen LogP contribution is 2.31. The lowest BCUT2D eigenvalue weighted by atomic mass is 10.2. The van der Waals surface area contributed by atoms with E-state index in [1.54, 1.807) is 12.1 Å². The fraction of sp³-hybridized carbons (Fsp3) is 0.176. The van der Waals surface area contributed by atoms with Crippen LogP contribution in [0.4, 0.5) is 26.2 Å². The van der Waals surface area contributed by atoms with Crippen LogP contribution in [0.2, 0.25) is 5.02 Å². The highest BCUT2D eigenvalue weighted by atomic mass is 35.5. The van der Waals surface area contributed by atoms with E-state index in [1.807, 2.05) is 0 Å². The number of anilines is 2. The molecular formula is C17H17ClFN6O3-. The Labute approximate surface area is 164 Å². The van der Waals surface area contributed by atoms with Gasteiger partial charge in [0.2, 0.25) is 5.96 Å². The van der Waals surface area contributed by atoms with Crippen LogP contribution in [0.25, 0.3) is 0 Å². The van der Waals surface area contributed by atoms with Crippen LogP contribution in [0.3, 0.4) is 0 Å². The van der Waals surface area contributed by atoms with Gasteiger partial charge in [-0.25, -0.2) is 14.2 Å². The average Bonchev–Trinajstić information content (AvgIpc) is 2.64. The summed E-state index contributed by atoms with van der Waals surface area (Å²) in [7, 11) is 0. The number of carbonyl (C=O) groups is 1. The lowest BCUT2D eigenvalue weighted by molar-refractivity contribution is 0.255. The molecule has 3 rings (SSSR count). The number of carbonyl (C=O) groups excluding carboxylic acids is 1. The van der Waals surface area contributed by atoms with Gasteiger partial charge in [-0.05, 0) is 43.3 Å². The van der Waals surface area contributed by atoms with Gasteiger partial charge >= 0.3 is 6.03 Å². The first kappa shape index (κ1) is 19.7. The molecule has 2 aromatic rings. The second-order valence-electron chi connectivity index (χ2n) is 5.71. The number of guanidine groups is 1. The molecule has 28 heavy (non-hydrogen) atoms. The first-order valence-corrected chi connectivity index (χ1v) is 8.66. The summed E-state index contributed by atoms with van der Waals surface area (Å²) in [6.07, 6.45) is 0.647. The molecule has 0 spiro atoms. The molecule has 2 amide bonds. The summed E-state index contributed by atoms with van der Waals surface area (Å²) < 4.78 is 18.8. The topological polar surface area (TPSA) is 127 Å². The summed E-state index contributed by atoms with van der Waals surface area (Å²) in [6, 6.07) is 7.61. The molecule has 9 nitrogen and oxygen atoms in total. The molecule has 11 heteroatoms.